The van der Waals surface area contributed by atoms with E-state index in [1.54, 1.807) is 27.7 Å². The van der Waals surface area contributed by atoms with Crippen LogP contribution >= 0.6 is 0 Å². The van der Waals surface area contributed by atoms with E-state index in [1.807, 2.05) is 26.9 Å². The second-order valence-electron chi connectivity index (χ2n) is 25.5. The minimum atomic E-state index is -1.85. The Balaban J connectivity index is 0.000000178. The molecule has 12 N–H and O–H groups in total. The third-order valence-corrected chi connectivity index (χ3v) is 19.2. The molecule has 0 saturated carbocycles. The summed E-state index contributed by atoms with van der Waals surface area (Å²) in [6.45, 7) is 9.38. The largest absolute Gasteiger partial charge is 0.394 e. The lowest BCUT2D eigenvalue weighted by Crippen LogP contribution is -2.43. The van der Waals surface area contributed by atoms with Crippen molar-refractivity contribution >= 4 is 6.29 Å². The summed E-state index contributed by atoms with van der Waals surface area (Å²) >= 11 is 0. The van der Waals surface area contributed by atoms with Gasteiger partial charge in [0.25, 0.3) is 33.4 Å². The van der Waals surface area contributed by atoms with Gasteiger partial charge in [-0.15, -0.1) is 0 Å². The summed E-state index contributed by atoms with van der Waals surface area (Å²) in [5, 5.41) is 55.2. The first-order valence-electron chi connectivity index (χ1n) is 33.0. The van der Waals surface area contributed by atoms with Crippen molar-refractivity contribution in [2.24, 2.45) is 29.6 Å². The van der Waals surface area contributed by atoms with Gasteiger partial charge in [-0.2, -0.15) is 0 Å². The molecule has 6 aliphatic heterocycles. The SMILES string of the molecule is CC[C@H]1O[C@@H](n2ccc(=O)[nH]c2=O)[C@@H](F)[C@@H]1C.CC[C@]1(CO)O[C@@H](n2ccc(=O)[nH]c2=O)[C@@H](F)[C@@H]1C.C[C@H]1[C@H](F)[C@H](n2ccc(=O)[nH]c2=O)OC1(CO)CO.C[C@H]1[C@H](F)[C@H](n2ccc(=O)[nH]c2=O)O[C@@H]1C=O.C[C@H]1[C@H](F)[C@H](n2ccc(=O)[nH]c2=O)O[C@@H]1CO.O=c1ccn([C@@H]2O[C@H](CO)[C@@H](O)[C@@H]2F)c(=O)[nH]1. The number of carbonyl (C=O) groups is 1. The van der Waals surface area contributed by atoms with Crippen molar-refractivity contribution in [3.63, 3.8) is 0 Å². The smallest absolute Gasteiger partial charge is 0.330 e. The average molecular weight is 1520 g/mol. The molecule has 6 saturated heterocycles. The topological polar surface area (TPSA) is 523 Å². The van der Waals surface area contributed by atoms with Gasteiger partial charge in [0.15, 0.2) is 74.4 Å². The number of hydrogen-bond donors (Lipinski definition) is 12. The fourth-order valence-electron chi connectivity index (χ4n) is 12.3. The Labute approximate surface area is 590 Å². The van der Waals surface area contributed by atoms with Gasteiger partial charge >= 0.3 is 34.1 Å². The Hall–Kier alpha value is -9.15. The summed E-state index contributed by atoms with van der Waals surface area (Å²) in [5.74, 6) is -2.75. The zero-order valence-electron chi connectivity index (χ0n) is 57.5. The Morgan fingerprint density at radius 1 is 0.387 bits per heavy atom. The number of nitrogens with one attached hydrogen (secondary N) is 6. The molecule has 586 valence electrons. The molecule has 106 heavy (non-hydrogen) atoms. The highest BCUT2D eigenvalue weighted by Gasteiger charge is 2.55. The van der Waals surface area contributed by atoms with Crippen LogP contribution in [0.5, 0.6) is 0 Å². The molecule has 6 aromatic rings. The lowest BCUT2D eigenvalue weighted by atomic mass is 9.86. The minimum absolute atomic E-state index is 0.200. The molecule has 6 aromatic heterocycles. The Bertz CT molecular complexity index is 4380. The molecule has 0 aliphatic carbocycles. The zero-order chi connectivity index (χ0) is 78.7. The molecule has 6 aliphatic rings. The number of rotatable bonds is 14. The summed E-state index contributed by atoms with van der Waals surface area (Å²) in [6, 6.07) is 6.63. The van der Waals surface area contributed by atoms with E-state index in [9.17, 15) is 109 Å². The van der Waals surface area contributed by atoms with Gasteiger partial charge in [-0.05, 0) is 12.8 Å². The van der Waals surface area contributed by atoms with E-state index in [0.29, 0.717) is 19.1 Å². The first-order valence-corrected chi connectivity index (χ1v) is 33.0. The first kappa shape index (κ1) is 84.1. The molecule has 37 nitrogen and oxygen atoms in total. The first-order chi connectivity index (χ1) is 50.1. The zero-order valence-corrected chi connectivity index (χ0v) is 57.5. The van der Waals surface area contributed by atoms with Crippen LogP contribution in [-0.2, 0) is 33.2 Å². The van der Waals surface area contributed by atoms with Crippen molar-refractivity contribution in [2.45, 2.75) is 177 Å². The minimum Gasteiger partial charge on any atom is -0.394 e. The van der Waals surface area contributed by atoms with Crippen LogP contribution in [0, 0.1) is 29.6 Å². The molecule has 0 bridgehead atoms. The molecule has 0 aromatic carbocycles. The molecule has 12 heterocycles. The third-order valence-electron chi connectivity index (χ3n) is 19.2. The van der Waals surface area contributed by atoms with Crippen LogP contribution in [0.25, 0.3) is 0 Å². The second-order valence-corrected chi connectivity index (χ2v) is 25.5. The quantitative estimate of drug-likeness (QED) is 0.0379. The van der Waals surface area contributed by atoms with Gasteiger partial charge < -0.3 is 63.9 Å². The van der Waals surface area contributed by atoms with Crippen molar-refractivity contribution in [3.05, 3.63) is 199 Å². The number of halogens is 6. The number of nitrogens with zero attached hydrogens (tertiary/aromatic N) is 6. The number of aldehydes is 1. The van der Waals surface area contributed by atoms with E-state index in [1.165, 1.54) is 38.5 Å². The molecule has 0 spiro atoms. The number of hydrogen-bond acceptors (Lipinski definition) is 25. The fraction of sp³-hybridized carbons (Fsp3) is 0.603. The van der Waals surface area contributed by atoms with Crippen molar-refractivity contribution in [3.8, 4) is 0 Å². The normalized spacial score (nSPS) is 32.6. The molecule has 0 unspecified atom stereocenters. The van der Waals surface area contributed by atoms with Crippen molar-refractivity contribution in [1.29, 1.82) is 0 Å². The molecule has 12 rings (SSSR count). The van der Waals surface area contributed by atoms with Gasteiger partial charge in [0.05, 0.1) is 50.8 Å². The number of alkyl halides is 6. The molecular formula is C63H82F6N12O25. The highest BCUT2D eigenvalue weighted by molar-refractivity contribution is 5.57. The van der Waals surface area contributed by atoms with Crippen LogP contribution in [0.1, 0.15) is 98.7 Å². The molecule has 0 amide bonds. The summed E-state index contributed by atoms with van der Waals surface area (Å²) in [7, 11) is 0. The highest BCUT2D eigenvalue weighted by atomic mass is 19.2. The molecule has 23 atom stereocenters. The highest BCUT2D eigenvalue weighted by Crippen LogP contribution is 2.45. The van der Waals surface area contributed by atoms with Crippen LogP contribution in [0.3, 0.4) is 0 Å². The molecule has 43 heteroatoms. The number of aliphatic hydroxyl groups is 6. The van der Waals surface area contributed by atoms with Gasteiger partial charge in [-0.3, -0.25) is 86.1 Å². The lowest BCUT2D eigenvalue weighted by molar-refractivity contribution is -0.136. The maximum absolute atomic E-state index is 14.3. The van der Waals surface area contributed by atoms with Crippen LogP contribution in [0.2, 0.25) is 0 Å². The summed E-state index contributed by atoms with van der Waals surface area (Å²) < 4.78 is 122. The number of ether oxygens (including phenoxy) is 6. The Kier molecular flexibility index (Phi) is 28.5. The number of aromatic nitrogens is 12. The van der Waals surface area contributed by atoms with Crippen molar-refractivity contribution in [1.82, 2.24) is 57.3 Å². The summed E-state index contributed by atoms with van der Waals surface area (Å²) in [5.41, 5.74) is -10.3. The van der Waals surface area contributed by atoms with E-state index in [4.69, 9.17) is 38.6 Å². The van der Waals surface area contributed by atoms with Gasteiger partial charge in [0, 0.05) is 103 Å². The fourth-order valence-corrected chi connectivity index (χ4v) is 12.3. The van der Waals surface area contributed by atoms with Gasteiger partial charge in [0.1, 0.15) is 30.2 Å². The number of H-pyrrole nitrogens is 6. The molecule has 6 fully saturated rings. The lowest BCUT2D eigenvalue weighted by Gasteiger charge is -2.29. The number of carbonyl (C=O) groups excluding carboxylic acids is 1. The Morgan fingerprint density at radius 2 is 0.660 bits per heavy atom. The van der Waals surface area contributed by atoms with E-state index < -0.39 is 221 Å². The van der Waals surface area contributed by atoms with Gasteiger partial charge in [-0.25, -0.2) is 55.1 Å². The molecular weight excluding hydrogens is 1440 g/mol. The second kappa shape index (κ2) is 36.0. The predicted octanol–water partition coefficient (Wildman–Crippen LogP) is -3.11. The summed E-state index contributed by atoms with van der Waals surface area (Å²) in [4.78, 5) is 157. The third kappa shape index (κ3) is 18.1. The molecule has 0 radical (unpaired) electrons. The van der Waals surface area contributed by atoms with Gasteiger partial charge in [-0.1, -0.05) is 48.5 Å². The monoisotopic (exact) mass is 1520 g/mol. The van der Waals surface area contributed by atoms with Crippen molar-refractivity contribution in [2.75, 3.05) is 33.0 Å². The van der Waals surface area contributed by atoms with Crippen LogP contribution in [-0.4, -0.2) is 206 Å². The van der Waals surface area contributed by atoms with Gasteiger partial charge in [0.2, 0.25) is 0 Å². The average Bonchev–Trinajstić information content (AvgIpc) is 1.57. The van der Waals surface area contributed by atoms with E-state index in [-0.39, 0.29) is 25.2 Å². The number of aromatic amines is 6. The Morgan fingerprint density at radius 3 is 0.906 bits per heavy atom. The van der Waals surface area contributed by atoms with Crippen LogP contribution < -0.4 is 67.5 Å². The standard InChI is InChI=1S/C12H17FN2O4.C11H15FN2O5.C11H15FN2O3.C10H13FN2O4.C10H11FN2O4.C9H11FN2O5/c1-3-12(6-16)7(2)9(13)10(19-12)15-5-4-8(17)14-11(15)18;1-6-8(12)9(19-11(6,4-15)5-16)14-3-2-7(17)13-10(14)18;1-3-7-6(2)9(12)10(17-7)14-5-4-8(15)13-11(14)16;2*1-5-6(4-14)17-9(8(5)11)13-3-2-7(15)12-10(13)16;10-6-7(15)4(3-13)17-8(6)12-2-1-5(14)11-9(12)16/h4-5,7,9-10,16H,3,6H2,1-2H3,(H,14,17,18);2-3,6,8-9,15-16H,4-5H2,1H3,(H,13,17,18);4-7,9-10H,3H2,1-2H3,(H,13,15,16);2-3,5-6,8-9,14H,4H2,1H3,(H,12,15,16);2-6,8-9H,1H3,(H,12,15,16);1-2,4,6-8,13,15H,3H2,(H,11,14,16)/t7-,9-,10+,12+;6-,8-,9+;6-,7-,9+,10-;2*5-,6-,8+,9-;4-,6+,7-,8-/m001111/s1. The van der Waals surface area contributed by atoms with Crippen molar-refractivity contribution < 1.29 is 90.2 Å². The summed E-state index contributed by atoms with van der Waals surface area (Å²) in [6.07, 6.45) is -11.7. The van der Waals surface area contributed by atoms with E-state index in [0.717, 1.165) is 76.3 Å². The maximum Gasteiger partial charge on any atom is 0.330 e. The van der Waals surface area contributed by atoms with Crippen LogP contribution in [0.15, 0.2) is 131 Å². The predicted molar refractivity (Wildman–Crippen MR) is 353 cm³/mol. The maximum atomic E-state index is 14.3. The van der Waals surface area contributed by atoms with Crippen LogP contribution in [0.4, 0.5) is 26.3 Å². The van der Waals surface area contributed by atoms with E-state index in [2.05, 4.69) is 9.97 Å². The number of aliphatic hydroxyl groups excluding tert-OH is 6. The van der Waals surface area contributed by atoms with E-state index >= 15 is 0 Å².